The lowest BCUT2D eigenvalue weighted by atomic mass is 9.58. The van der Waals surface area contributed by atoms with Crippen LogP contribution in [0, 0.1) is 17.8 Å². The van der Waals surface area contributed by atoms with Gasteiger partial charge in [-0.15, -0.1) is 0 Å². The molecule has 0 aromatic heterocycles. The van der Waals surface area contributed by atoms with Gasteiger partial charge in [0.15, 0.2) is 0 Å². The summed E-state index contributed by atoms with van der Waals surface area (Å²) in [6, 6.07) is 0. The molecule has 0 heterocycles. The molecule has 10 heavy (non-hydrogen) atoms. The minimum atomic E-state index is -5.36. The van der Waals surface area contributed by atoms with E-state index in [2.05, 4.69) is 0 Å². The van der Waals surface area contributed by atoms with Crippen LogP contribution in [0.1, 0.15) is 0 Å². The SMILES string of the molecule is [C-]#[N+][B-](F)(C#N)C(F)(F)F. The monoisotopic (exact) mass is 151 g/mol. The van der Waals surface area contributed by atoms with E-state index in [1.807, 2.05) is 0 Å². The van der Waals surface area contributed by atoms with E-state index in [0.717, 1.165) is 0 Å². The largest absolute Gasteiger partial charge is 0.703 e. The van der Waals surface area contributed by atoms with E-state index in [1.54, 1.807) is 4.76 Å². The van der Waals surface area contributed by atoms with Gasteiger partial charge in [0, 0.05) is 0 Å². The van der Waals surface area contributed by atoms with Crippen LogP contribution < -0.4 is 0 Å². The van der Waals surface area contributed by atoms with Gasteiger partial charge in [-0.05, 0) is 5.97 Å². The zero-order valence-corrected chi connectivity index (χ0v) is 4.48. The first-order valence-corrected chi connectivity index (χ1v) is 2.07. The molecule has 0 saturated heterocycles. The number of nitrogens with zero attached hydrogens (tertiary/aromatic N) is 2. The molecule has 0 aromatic rings. The number of nitriles is 1. The molecule has 0 radical (unpaired) electrons. The molecular formula is C3BF4N2-. The molecule has 0 rings (SSSR count). The summed E-state index contributed by atoms with van der Waals surface area (Å²) < 4.78 is 47.5. The Morgan fingerprint density at radius 3 is 1.90 bits per heavy atom. The quantitative estimate of drug-likeness (QED) is 0.292. The van der Waals surface area contributed by atoms with Gasteiger partial charge >= 0.3 is 12.6 Å². The van der Waals surface area contributed by atoms with E-state index in [-0.39, 0.29) is 5.97 Å². The third kappa shape index (κ3) is 1.19. The number of hydrogen-bond donors (Lipinski definition) is 0. The number of halogens is 4. The van der Waals surface area contributed by atoms with Crippen LogP contribution in [0.15, 0.2) is 0 Å². The van der Waals surface area contributed by atoms with Crippen molar-refractivity contribution in [1.29, 1.82) is 5.26 Å². The average Bonchev–Trinajstić information content (AvgIpc) is 1.84. The fraction of sp³-hybridized carbons (Fsp3) is 0.333. The van der Waals surface area contributed by atoms with E-state index in [9.17, 15) is 17.5 Å². The van der Waals surface area contributed by atoms with Crippen LogP contribution in [-0.2, 0) is 0 Å². The highest BCUT2D eigenvalue weighted by Gasteiger charge is 2.62. The number of hydrogen-bond acceptors (Lipinski definition) is 1. The molecule has 7 heteroatoms. The highest BCUT2D eigenvalue weighted by molar-refractivity contribution is 6.85. The van der Waals surface area contributed by atoms with Crippen molar-refractivity contribution in [2.24, 2.45) is 0 Å². The summed E-state index contributed by atoms with van der Waals surface area (Å²) in [6.07, 6.45) is -5.36. The minimum Gasteiger partial charge on any atom is -0.523 e. The molecule has 0 aliphatic heterocycles. The van der Waals surface area contributed by atoms with Crippen molar-refractivity contribution < 1.29 is 17.5 Å². The molecule has 0 N–H and O–H groups in total. The van der Waals surface area contributed by atoms with Crippen molar-refractivity contribution in [1.82, 2.24) is 0 Å². The first-order chi connectivity index (χ1) is 4.37. The Bertz CT molecular complexity index is 194. The summed E-state index contributed by atoms with van der Waals surface area (Å²) in [7, 11) is 0. The van der Waals surface area contributed by atoms with Crippen LogP contribution in [-0.4, -0.2) is 12.6 Å². The van der Waals surface area contributed by atoms with Crippen LogP contribution in [0.2, 0.25) is 0 Å². The van der Waals surface area contributed by atoms with Gasteiger partial charge in [0.1, 0.15) is 0 Å². The van der Waals surface area contributed by atoms with E-state index in [4.69, 9.17) is 11.8 Å². The summed E-state index contributed by atoms with van der Waals surface area (Å²) in [5, 5.41) is 7.59. The Balaban J connectivity index is 4.77. The average molecular weight is 151 g/mol. The molecule has 54 valence electrons. The van der Waals surface area contributed by atoms with Gasteiger partial charge in [-0.1, -0.05) is 0 Å². The Morgan fingerprint density at radius 2 is 1.90 bits per heavy atom. The summed E-state index contributed by atoms with van der Waals surface area (Å²) in [6.45, 7) is 0.727. The first-order valence-electron chi connectivity index (χ1n) is 2.07. The molecule has 0 aromatic carbocycles. The van der Waals surface area contributed by atoms with Crippen LogP contribution in [0.3, 0.4) is 0 Å². The van der Waals surface area contributed by atoms with E-state index < -0.39 is 12.6 Å². The lowest BCUT2D eigenvalue weighted by molar-refractivity contribution is -0.0602. The fourth-order valence-electron chi connectivity index (χ4n) is 0.175. The predicted octanol–water partition coefficient (Wildman–Crippen LogP) is 1.48. The predicted molar refractivity (Wildman–Crippen MR) is 25.1 cm³/mol. The normalized spacial score (nSPS) is 16.6. The van der Waals surface area contributed by atoms with Crippen molar-refractivity contribution in [2.75, 3.05) is 0 Å². The highest BCUT2D eigenvalue weighted by atomic mass is 19.4. The molecular weight excluding hydrogens is 151 g/mol. The zero-order chi connectivity index (χ0) is 8.41. The Kier molecular flexibility index (Phi) is 1.91. The van der Waals surface area contributed by atoms with E-state index in [1.165, 1.54) is 0 Å². The molecule has 0 aliphatic carbocycles. The second kappa shape index (κ2) is 2.18. The van der Waals surface area contributed by atoms with Crippen LogP contribution in [0.4, 0.5) is 17.5 Å². The minimum absolute atomic E-state index is 0.285. The van der Waals surface area contributed by atoms with Crippen LogP contribution in [0.5, 0.6) is 0 Å². The summed E-state index contributed by atoms with van der Waals surface area (Å²) in [4.78, 5) is 0. The topological polar surface area (TPSA) is 28.1 Å². The molecule has 0 fully saturated rings. The van der Waals surface area contributed by atoms with Crippen molar-refractivity contribution in [3.05, 3.63) is 11.3 Å². The van der Waals surface area contributed by atoms with Crippen molar-refractivity contribution in [3.8, 4) is 5.97 Å². The summed E-state index contributed by atoms with van der Waals surface area (Å²) >= 11 is 0. The molecule has 0 spiro atoms. The molecule has 0 saturated carbocycles. The second-order valence-electron chi connectivity index (χ2n) is 1.52. The Morgan fingerprint density at radius 1 is 1.50 bits per heavy atom. The maximum Gasteiger partial charge on any atom is 0.703 e. The maximum absolute atomic E-state index is 12.0. The summed E-state index contributed by atoms with van der Waals surface area (Å²) in [5.41, 5.74) is 0. The van der Waals surface area contributed by atoms with Gasteiger partial charge in [0.2, 0.25) is 0 Å². The van der Waals surface area contributed by atoms with Gasteiger partial charge < -0.3 is 15.6 Å². The smallest absolute Gasteiger partial charge is 0.523 e. The van der Waals surface area contributed by atoms with Gasteiger partial charge in [0.25, 0.3) is 0 Å². The zero-order valence-electron chi connectivity index (χ0n) is 4.48. The van der Waals surface area contributed by atoms with Crippen molar-refractivity contribution >= 4 is 6.56 Å². The van der Waals surface area contributed by atoms with E-state index >= 15 is 0 Å². The van der Waals surface area contributed by atoms with Gasteiger partial charge in [-0.3, -0.25) is 0 Å². The van der Waals surface area contributed by atoms with Crippen molar-refractivity contribution in [3.63, 3.8) is 0 Å². The van der Waals surface area contributed by atoms with Crippen molar-refractivity contribution in [2.45, 2.75) is 6.08 Å². The second-order valence-corrected chi connectivity index (χ2v) is 1.52. The third-order valence-electron chi connectivity index (χ3n) is 0.783. The fourth-order valence-corrected chi connectivity index (χ4v) is 0.175. The molecule has 1 unspecified atom stereocenters. The Hall–Kier alpha value is -1.24. The standard InChI is InChI=1S/C3BF4N2/c1-10-4(8,2-9)3(5,6)7/q-1. The molecule has 1 atom stereocenters. The highest BCUT2D eigenvalue weighted by Crippen LogP contribution is 2.29. The number of alkyl halides is 3. The third-order valence-corrected chi connectivity index (χ3v) is 0.783. The van der Waals surface area contributed by atoms with Gasteiger partial charge in [-0.2, -0.15) is 13.2 Å². The van der Waals surface area contributed by atoms with Gasteiger partial charge in [-0.25, -0.2) is 5.26 Å². The van der Waals surface area contributed by atoms with E-state index in [0.29, 0.717) is 0 Å². The molecule has 0 amide bonds. The van der Waals surface area contributed by atoms with Crippen LogP contribution in [0.25, 0.3) is 4.76 Å². The Labute approximate surface area is 53.9 Å². The lowest BCUT2D eigenvalue weighted by Crippen LogP contribution is -2.42. The summed E-state index contributed by atoms with van der Waals surface area (Å²) in [5.74, 6) is 0.285. The molecule has 0 aliphatic rings. The lowest BCUT2D eigenvalue weighted by Gasteiger charge is -2.13. The van der Waals surface area contributed by atoms with Crippen LogP contribution >= 0.6 is 0 Å². The molecule has 0 bridgehead atoms. The number of rotatable bonds is 0. The first kappa shape index (κ1) is 8.76. The maximum atomic E-state index is 12.0. The van der Waals surface area contributed by atoms with Gasteiger partial charge in [0.05, 0.1) is 0 Å². The molecule has 2 nitrogen and oxygen atoms in total.